The van der Waals surface area contributed by atoms with Gasteiger partial charge in [0.25, 0.3) is 0 Å². The number of rotatable bonds is 5. The maximum Gasteiger partial charge on any atom is 0.335 e. The van der Waals surface area contributed by atoms with Crippen LogP contribution in [0.2, 0.25) is 0 Å². The minimum Gasteiger partial charge on any atom is -0.478 e. The molecule has 2 saturated heterocycles. The molecule has 0 unspecified atom stereocenters. The number of carboxylic acid groups (broad SMARTS) is 1. The first kappa shape index (κ1) is 18.7. The second kappa shape index (κ2) is 8.17. The van der Waals surface area contributed by atoms with Crippen LogP contribution in [0.15, 0.2) is 24.3 Å². The van der Waals surface area contributed by atoms with E-state index in [1.165, 1.54) is 19.3 Å². The molecule has 6 heteroatoms. The number of hydrogen-bond donors (Lipinski definition) is 1. The maximum atomic E-state index is 11.2. The number of nitrogens with zero attached hydrogens (tertiary/aromatic N) is 2. The number of piperazine rings is 1. The van der Waals surface area contributed by atoms with Gasteiger partial charge in [0.15, 0.2) is 5.79 Å². The van der Waals surface area contributed by atoms with Gasteiger partial charge in [0.1, 0.15) is 0 Å². The molecule has 27 heavy (non-hydrogen) atoms. The smallest absolute Gasteiger partial charge is 0.335 e. The number of aromatic carboxylic acids is 1. The summed E-state index contributed by atoms with van der Waals surface area (Å²) >= 11 is 0. The second-order valence-corrected chi connectivity index (χ2v) is 8.02. The molecule has 0 radical (unpaired) electrons. The fourth-order valence-electron chi connectivity index (χ4n) is 4.62. The Balaban J connectivity index is 1.20. The Kier molecular flexibility index (Phi) is 5.66. The van der Waals surface area contributed by atoms with Crippen LogP contribution in [0.4, 0.5) is 5.69 Å². The number of anilines is 1. The third-order valence-electron chi connectivity index (χ3n) is 6.36. The fourth-order valence-corrected chi connectivity index (χ4v) is 4.62. The predicted octanol–water partition coefficient (Wildman–Crippen LogP) is 2.83. The number of ether oxygens (including phenoxy) is 2. The topological polar surface area (TPSA) is 62.2 Å². The second-order valence-electron chi connectivity index (χ2n) is 8.02. The molecule has 3 fully saturated rings. The first-order valence-corrected chi connectivity index (χ1v) is 10.2. The van der Waals surface area contributed by atoms with Crippen LogP contribution in [0, 0.1) is 5.92 Å². The Morgan fingerprint density at radius 1 is 1.11 bits per heavy atom. The van der Waals surface area contributed by atoms with Gasteiger partial charge in [-0.05, 0) is 49.9 Å². The Morgan fingerprint density at radius 3 is 2.48 bits per heavy atom. The summed E-state index contributed by atoms with van der Waals surface area (Å²) in [4.78, 5) is 16.0. The van der Waals surface area contributed by atoms with Crippen molar-refractivity contribution in [2.75, 3.05) is 50.8 Å². The zero-order valence-corrected chi connectivity index (χ0v) is 15.9. The molecule has 0 aromatic heterocycles. The summed E-state index contributed by atoms with van der Waals surface area (Å²) < 4.78 is 11.7. The Morgan fingerprint density at radius 2 is 1.81 bits per heavy atom. The van der Waals surface area contributed by atoms with Crippen LogP contribution in [-0.2, 0) is 9.47 Å². The first-order valence-electron chi connectivity index (χ1n) is 10.2. The van der Waals surface area contributed by atoms with Crippen molar-refractivity contribution in [2.24, 2.45) is 5.92 Å². The summed E-state index contributed by atoms with van der Waals surface area (Å²) in [6, 6.07) is 7.27. The largest absolute Gasteiger partial charge is 0.478 e. The van der Waals surface area contributed by atoms with Gasteiger partial charge in [0.05, 0.1) is 18.8 Å². The van der Waals surface area contributed by atoms with E-state index in [1.807, 2.05) is 12.1 Å². The number of carboxylic acids is 1. The van der Waals surface area contributed by atoms with E-state index in [1.54, 1.807) is 12.1 Å². The molecule has 1 saturated carbocycles. The SMILES string of the molecule is O=C(O)c1cccc(N2CCN(CCC3CCC4(CC3)OCCO4)CC2)c1. The van der Waals surface area contributed by atoms with Gasteiger partial charge in [-0.25, -0.2) is 4.79 Å². The van der Waals surface area contributed by atoms with E-state index in [2.05, 4.69) is 9.80 Å². The zero-order chi connectivity index (χ0) is 18.7. The molecule has 1 spiro atoms. The molecule has 0 amide bonds. The van der Waals surface area contributed by atoms with Crippen LogP contribution in [0.5, 0.6) is 0 Å². The third-order valence-corrected chi connectivity index (χ3v) is 6.36. The summed E-state index contributed by atoms with van der Waals surface area (Å²) in [5, 5.41) is 9.17. The molecule has 1 aromatic carbocycles. The number of hydrogen-bond acceptors (Lipinski definition) is 5. The lowest BCUT2D eigenvalue weighted by molar-refractivity contribution is -0.182. The minimum atomic E-state index is -0.863. The standard InChI is InChI=1S/C21H30N2O4/c24-20(25)18-2-1-3-19(16-18)23-12-10-22(11-13-23)9-6-17-4-7-21(8-5-17)26-14-15-27-21/h1-3,16-17H,4-15H2,(H,24,25). The van der Waals surface area contributed by atoms with Crippen molar-refractivity contribution in [3.63, 3.8) is 0 Å². The lowest BCUT2D eigenvalue weighted by Gasteiger charge is -2.38. The van der Waals surface area contributed by atoms with Gasteiger partial charge in [-0.2, -0.15) is 0 Å². The lowest BCUT2D eigenvalue weighted by Crippen LogP contribution is -2.47. The quantitative estimate of drug-likeness (QED) is 0.855. The van der Waals surface area contributed by atoms with Crippen molar-refractivity contribution < 1.29 is 19.4 Å². The molecule has 1 aliphatic carbocycles. The normalized spacial score (nSPS) is 23.8. The molecule has 0 atom stereocenters. The van der Waals surface area contributed by atoms with E-state index in [9.17, 15) is 4.79 Å². The Bertz CT molecular complexity index is 641. The van der Waals surface area contributed by atoms with E-state index >= 15 is 0 Å². The monoisotopic (exact) mass is 374 g/mol. The minimum absolute atomic E-state index is 0.243. The zero-order valence-electron chi connectivity index (χ0n) is 15.9. The molecule has 2 heterocycles. The van der Waals surface area contributed by atoms with Crippen LogP contribution in [-0.4, -0.2) is 67.7 Å². The van der Waals surface area contributed by atoms with Crippen molar-refractivity contribution in [1.82, 2.24) is 4.90 Å². The Hall–Kier alpha value is -1.63. The molecule has 1 aromatic rings. The highest BCUT2D eigenvalue weighted by Crippen LogP contribution is 2.39. The molecule has 6 nitrogen and oxygen atoms in total. The maximum absolute atomic E-state index is 11.2. The summed E-state index contributed by atoms with van der Waals surface area (Å²) in [5.74, 6) is -0.320. The molecule has 0 bridgehead atoms. The van der Waals surface area contributed by atoms with Crippen LogP contribution >= 0.6 is 0 Å². The fraction of sp³-hybridized carbons (Fsp3) is 0.667. The van der Waals surface area contributed by atoms with Crippen molar-refractivity contribution >= 4 is 11.7 Å². The number of carbonyl (C=O) groups is 1. The van der Waals surface area contributed by atoms with E-state index in [0.29, 0.717) is 5.56 Å². The van der Waals surface area contributed by atoms with Gasteiger partial charge in [0.2, 0.25) is 0 Å². The van der Waals surface area contributed by atoms with E-state index in [-0.39, 0.29) is 5.79 Å². The van der Waals surface area contributed by atoms with Crippen molar-refractivity contribution in [3.8, 4) is 0 Å². The highest BCUT2D eigenvalue weighted by atomic mass is 16.7. The van der Waals surface area contributed by atoms with Gasteiger partial charge < -0.3 is 19.5 Å². The van der Waals surface area contributed by atoms with E-state index in [4.69, 9.17) is 14.6 Å². The van der Waals surface area contributed by atoms with E-state index in [0.717, 1.165) is 70.4 Å². The Labute approximate surface area is 161 Å². The van der Waals surface area contributed by atoms with Gasteiger partial charge in [-0.1, -0.05) is 6.07 Å². The van der Waals surface area contributed by atoms with Crippen LogP contribution in [0.3, 0.4) is 0 Å². The average Bonchev–Trinajstić information content (AvgIpc) is 3.16. The summed E-state index contributed by atoms with van der Waals surface area (Å²) in [7, 11) is 0. The molecule has 2 aliphatic heterocycles. The predicted molar refractivity (Wildman–Crippen MR) is 103 cm³/mol. The molecular weight excluding hydrogens is 344 g/mol. The molecule has 148 valence electrons. The van der Waals surface area contributed by atoms with E-state index < -0.39 is 5.97 Å². The lowest BCUT2D eigenvalue weighted by atomic mass is 9.83. The summed E-state index contributed by atoms with van der Waals surface area (Å²) in [5.41, 5.74) is 1.38. The summed E-state index contributed by atoms with van der Waals surface area (Å²) in [6.07, 6.45) is 5.77. The molecule has 1 N–H and O–H groups in total. The van der Waals surface area contributed by atoms with Gasteiger partial charge in [-0.3, -0.25) is 4.90 Å². The van der Waals surface area contributed by atoms with Gasteiger partial charge >= 0.3 is 5.97 Å². The third kappa shape index (κ3) is 4.45. The molecular formula is C21H30N2O4. The average molecular weight is 374 g/mol. The first-order chi connectivity index (χ1) is 13.1. The van der Waals surface area contributed by atoms with Crippen LogP contribution in [0.1, 0.15) is 42.5 Å². The molecule has 4 rings (SSSR count). The van der Waals surface area contributed by atoms with Gasteiger partial charge in [-0.15, -0.1) is 0 Å². The van der Waals surface area contributed by atoms with Gasteiger partial charge in [0, 0.05) is 44.7 Å². The number of benzene rings is 1. The highest BCUT2D eigenvalue weighted by Gasteiger charge is 2.40. The van der Waals surface area contributed by atoms with Crippen molar-refractivity contribution in [1.29, 1.82) is 0 Å². The van der Waals surface area contributed by atoms with Crippen molar-refractivity contribution in [3.05, 3.63) is 29.8 Å². The summed E-state index contributed by atoms with van der Waals surface area (Å²) in [6.45, 7) is 6.66. The highest BCUT2D eigenvalue weighted by molar-refractivity contribution is 5.88. The van der Waals surface area contributed by atoms with Crippen LogP contribution in [0.25, 0.3) is 0 Å². The van der Waals surface area contributed by atoms with Crippen LogP contribution < -0.4 is 4.90 Å². The molecule has 3 aliphatic rings. The van der Waals surface area contributed by atoms with Crippen molar-refractivity contribution in [2.45, 2.75) is 37.9 Å².